The number of rotatable bonds is 5. The molecule has 0 heterocycles. The first-order valence-electron chi connectivity index (χ1n) is 3.48. The van der Waals surface area contributed by atoms with E-state index in [1.165, 1.54) is 14.2 Å². The normalized spacial score (nSPS) is 14.9. The van der Waals surface area contributed by atoms with Crippen molar-refractivity contribution in [2.24, 2.45) is 0 Å². The van der Waals surface area contributed by atoms with Crippen LogP contribution in [0.2, 0.25) is 0 Å². The number of phosphoric acid groups is 1. The summed E-state index contributed by atoms with van der Waals surface area (Å²) in [4.78, 5) is 0. The molecule has 0 amide bonds. The van der Waals surface area contributed by atoms with Crippen LogP contribution >= 0.6 is 7.82 Å². The Morgan fingerprint density at radius 1 is 1.36 bits per heavy atom. The average Bonchev–Trinajstić information content (AvgIpc) is 2.04. The molecule has 0 saturated carbocycles. The fraction of sp³-hybridized carbons (Fsp3) is 1.00. The molecule has 0 bridgehead atoms. The third-order valence-corrected chi connectivity index (χ3v) is 2.84. The zero-order valence-electron chi connectivity index (χ0n) is 7.36. The van der Waals surface area contributed by atoms with Crippen LogP contribution in [0.4, 0.5) is 0 Å². The third kappa shape index (κ3) is 3.87. The summed E-state index contributed by atoms with van der Waals surface area (Å²) in [5, 5.41) is 0. The minimum Gasteiger partial charge on any atom is -0.290 e. The fourth-order valence-electron chi connectivity index (χ4n) is 0.456. The number of hydrogen-bond acceptors (Lipinski definition) is 4. The summed E-state index contributed by atoms with van der Waals surface area (Å²) >= 11 is 0. The molecule has 0 radical (unpaired) electrons. The Hall–Kier alpha value is 0.110. The molecule has 0 aromatic rings. The van der Waals surface area contributed by atoms with Gasteiger partial charge in [0.1, 0.15) is 0 Å². The maximum atomic E-state index is 11.3. The van der Waals surface area contributed by atoms with Gasteiger partial charge >= 0.3 is 7.82 Å². The Kier molecular flexibility index (Phi) is 4.93. The summed E-state index contributed by atoms with van der Waals surface area (Å²) in [7, 11) is -0.657. The molecule has 11 heavy (non-hydrogen) atoms. The highest BCUT2D eigenvalue weighted by Gasteiger charge is 2.24. The van der Waals surface area contributed by atoms with Crippen LogP contribution in [0.25, 0.3) is 0 Å². The van der Waals surface area contributed by atoms with Gasteiger partial charge in [-0.2, -0.15) is 0 Å². The molecule has 0 saturated heterocycles. The second-order valence-electron chi connectivity index (χ2n) is 2.14. The highest BCUT2D eigenvalue weighted by atomic mass is 31.2. The first-order valence-corrected chi connectivity index (χ1v) is 4.94. The minimum atomic E-state index is -3.25. The third-order valence-electron chi connectivity index (χ3n) is 1.33. The lowest BCUT2D eigenvalue weighted by Crippen LogP contribution is -2.06. The van der Waals surface area contributed by atoms with E-state index in [0.717, 1.165) is 6.42 Å². The Morgan fingerprint density at radius 3 is 2.09 bits per heavy atom. The molecule has 1 unspecified atom stereocenters. The first-order chi connectivity index (χ1) is 5.08. The van der Waals surface area contributed by atoms with Gasteiger partial charge < -0.3 is 0 Å². The zero-order valence-corrected chi connectivity index (χ0v) is 8.26. The first kappa shape index (κ1) is 11.1. The molecule has 0 aliphatic rings. The minimum absolute atomic E-state index is 0.110. The molecular formula is C6H15O4P. The molecule has 0 aliphatic carbocycles. The van der Waals surface area contributed by atoms with Gasteiger partial charge in [-0.05, 0) is 13.3 Å². The van der Waals surface area contributed by atoms with E-state index < -0.39 is 7.82 Å². The van der Waals surface area contributed by atoms with Crippen molar-refractivity contribution >= 4 is 7.82 Å². The van der Waals surface area contributed by atoms with Crippen molar-refractivity contribution in [2.75, 3.05) is 14.2 Å². The second kappa shape index (κ2) is 4.88. The van der Waals surface area contributed by atoms with Gasteiger partial charge in [-0.1, -0.05) is 6.92 Å². The number of hydrogen-bond donors (Lipinski definition) is 0. The Bertz CT molecular complexity index is 140. The van der Waals surface area contributed by atoms with E-state index >= 15 is 0 Å². The van der Waals surface area contributed by atoms with Gasteiger partial charge in [-0.15, -0.1) is 0 Å². The maximum Gasteiger partial charge on any atom is 0.474 e. The van der Waals surface area contributed by atoms with Crippen molar-refractivity contribution < 1.29 is 18.1 Å². The van der Waals surface area contributed by atoms with E-state index in [4.69, 9.17) is 4.52 Å². The smallest absolute Gasteiger partial charge is 0.290 e. The lowest BCUT2D eigenvalue weighted by atomic mass is 10.3. The van der Waals surface area contributed by atoms with E-state index in [9.17, 15) is 4.57 Å². The predicted octanol–water partition coefficient (Wildman–Crippen LogP) is 2.20. The molecule has 0 rings (SSSR count). The Labute approximate surface area is 67.5 Å². The molecule has 0 spiro atoms. The van der Waals surface area contributed by atoms with Crippen LogP contribution in [0, 0.1) is 0 Å². The summed E-state index contributed by atoms with van der Waals surface area (Å²) in [6.45, 7) is 3.74. The van der Waals surface area contributed by atoms with Crippen molar-refractivity contribution in [1.29, 1.82) is 0 Å². The van der Waals surface area contributed by atoms with Crippen LogP contribution < -0.4 is 0 Å². The lowest BCUT2D eigenvalue weighted by molar-refractivity contribution is 0.112. The van der Waals surface area contributed by atoms with Gasteiger partial charge in [0.05, 0.1) is 6.10 Å². The van der Waals surface area contributed by atoms with Crippen LogP contribution in [0.3, 0.4) is 0 Å². The van der Waals surface area contributed by atoms with E-state index in [2.05, 4.69) is 9.05 Å². The zero-order chi connectivity index (χ0) is 8.91. The Morgan fingerprint density at radius 2 is 1.82 bits per heavy atom. The quantitative estimate of drug-likeness (QED) is 0.611. The van der Waals surface area contributed by atoms with E-state index in [1.54, 1.807) is 0 Å². The maximum absolute atomic E-state index is 11.3. The summed E-state index contributed by atoms with van der Waals surface area (Å²) in [6.07, 6.45) is 0.664. The van der Waals surface area contributed by atoms with Gasteiger partial charge in [-0.25, -0.2) is 4.57 Å². The molecule has 68 valence electrons. The van der Waals surface area contributed by atoms with Crippen LogP contribution in [0.1, 0.15) is 20.3 Å². The van der Waals surface area contributed by atoms with Crippen LogP contribution in [-0.4, -0.2) is 20.3 Å². The summed E-state index contributed by atoms with van der Waals surface area (Å²) < 4.78 is 25.4. The monoisotopic (exact) mass is 182 g/mol. The Balaban J connectivity index is 3.97. The van der Waals surface area contributed by atoms with Gasteiger partial charge in [0.25, 0.3) is 0 Å². The van der Waals surface area contributed by atoms with E-state index in [1.807, 2.05) is 13.8 Å². The summed E-state index contributed by atoms with van der Waals surface area (Å²) in [5.41, 5.74) is 0. The highest BCUT2D eigenvalue weighted by Crippen LogP contribution is 2.48. The molecule has 4 nitrogen and oxygen atoms in total. The standard InChI is InChI=1S/C6H15O4P/c1-5-6(2)10-11(7,8-3)9-4/h6H,5H2,1-4H3. The SMILES string of the molecule is CCC(C)OP(=O)(OC)OC. The predicted molar refractivity (Wildman–Crippen MR) is 42.5 cm³/mol. The van der Waals surface area contributed by atoms with Crippen LogP contribution in [0.15, 0.2) is 0 Å². The molecule has 5 heteroatoms. The topological polar surface area (TPSA) is 44.8 Å². The second-order valence-corrected chi connectivity index (χ2v) is 3.97. The van der Waals surface area contributed by atoms with Crippen molar-refractivity contribution in [3.8, 4) is 0 Å². The molecule has 0 aromatic heterocycles. The summed E-state index contributed by atoms with van der Waals surface area (Å²) in [6, 6.07) is 0. The largest absolute Gasteiger partial charge is 0.474 e. The van der Waals surface area contributed by atoms with E-state index in [-0.39, 0.29) is 6.10 Å². The molecule has 0 fully saturated rings. The van der Waals surface area contributed by atoms with Crippen LogP contribution in [0.5, 0.6) is 0 Å². The van der Waals surface area contributed by atoms with Crippen LogP contribution in [-0.2, 0) is 18.1 Å². The lowest BCUT2D eigenvalue weighted by Gasteiger charge is -2.17. The number of phosphoric ester groups is 1. The van der Waals surface area contributed by atoms with Gasteiger partial charge in [0, 0.05) is 14.2 Å². The molecule has 0 aromatic carbocycles. The van der Waals surface area contributed by atoms with Gasteiger partial charge in [0.2, 0.25) is 0 Å². The highest BCUT2D eigenvalue weighted by molar-refractivity contribution is 7.48. The van der Waals surface area contributed by atoms with Crippen molar-refractivity contribution in [3.63, 3.8) is 0 Å². The fourth-order valence-corrected chi connectivity index (χ4v) is 1.37. The molecule has 0 N–H and O–H groups in total. The average molecular weight is 182 g/mol. The van der Waals surface area contributed by atoms with Gasteiger partial charge in [0.15, 0.2) is 0 Å². The molecule has 1 atom stereocenters. The summed E-state index contributed by atoms with van der Waals surface area (Å²) in [5.74, 6) is 0. The van der Waals surface area contributed by atoms with Crippen molar-refractivity contribution in [1.82, 2.24) is 0 Å². The molecular weight excluding hydrogens is 167 g/mol. The van der Waals surface area contributed by atoms with Gasteiger partial charge in [-0.3, -0.25) is 13.6 Å². The van der Waals surface area contributed by atoms with Crippen molar-refractivity contribution in [2.45, 2.75) is 26.4 Å². The van der Waals surface area contributed by atoms with E-state index in [0.29, 0.717) is 0 Å². The molecule has 0 aliphatic heterocycles. The van der Waals surface area contributed by atoms with Crippen molar-refractivity contribution in [3.05, 3.63) is 0 Å².